The first-order valence-electron chi connectivity index (χ1n) is 10.8. The summed E-state index contributed by atoms with van der Waals surface area (Å²) in [4.78, 5) is 21.4. The number of hydrogen-bond acceptors (Lipinski definition) is 2. The standard InChI is InChI=1S/C25H30N4O/c1-26-25(28-14-11-21(12-15-28)17-20-7-3-2-4-8-20)27-18-24(30)29-16-13-22-9-5-6-10-23(22)19-29/h2-10,17H,11-16,18-19H2,1H3,(H,26,27). The number of fused-ring (bicyclic) bond motifs is 1. The summed E-state index contributed by atoms with van der Waals surface area (Å²) in [6, 6.07) is 18.9. The second kappa shape index (κ2) is 9.61. The van der Waals surface area contributed by atoms with Crippen LogP contribution in [0.15, 0.2) is 65.2 Å². The van der Waals surface area contributed by atoms with Crippen LogP contribution in [0.5, 0.6) is 0 Å². The van der Waals surface area contributed by atoms with Crippen LogP contribution in [0.1, 0.15) is 29.5 Å². The minimum atomic E-state index is 0.132. The molecule has 1 amide bonds. The molecule has 1 fully saturated rings. The van der Waals surface area contributed by atoms with Crippen molar-refractivity contribution in [2.24, 2.45) is 4.99 Å². The van der Waals surface area contributed by atoms with Crippen LogP contribution in [0.2, 0.25) is 0 Å². The Morgan fingerprint density at radius 3 is 2.33 bits per heavy atom. The van der Waals surface area contributed by atoms with Crippen molar-refractivity contribution >= 4 is 17.9 Å². The number of rotatable bonds is 3. The molecule has 4 rings (SSSR count). The highest BCUT2D eigenvalue weighted by atomic mass is 16.2. The van der Waals surface area contributed by atoms with E-state index < -0.39 is 0 Å². The van der Waals surface area contributed by atoms with Crippen LogP contribution in [-0.2, 0) is 17.8 Å². The van der Waals surface area contributed by atoms with Gasteiger partial charge in [0.05, 0.1) is 6.54 Å². The summed E-state index contributed by atoms with van der Waals surface area (Å²) >= 11 is 0. The van der Waals surface area contributed by atoms with Gasteiger partial charge in [-0.3, -0.25) is 9.79 Å². The van der Waals surface area contributed by atoms with Crippen LogP contribution in [0, 0.1) is 0 Å². The largest absolute Gasteiger partial charge is 0.347 e. The molecule has 30 heavy (non-hydrogen) atoms. The van der Waals surface area contributed by atoms with Crippen molar-refractivity contribution in [3.05, 3.63) is 76.9 Å². The van der Waals surface area contributed by atoms with E-state index in [0.29, 0.717) is 6.54 Å². The van der Waals surface area contributed by atoms with Gasteiger partial charge in [0, 0.05) is 33.2 Å². The Balaban J connectivity index is 1.27. The minimum Gasteiger partial charge on any atom is -0.347 e. The van der Waals surface area contributed by atoms with E-state index in [2.05, 4.69) is 63.7 Å². The smallest absolute Gasteiger partial charge is 0.242 e. The molecule has 2 aromatic rings. The second-order valence-corrected chi connectivity index (χ2v) is 7.94. The summed E-state index contributed by atoms with van der Waals surface area (Å²) in [5.74, 6) is 0.951. The molecule has 0 unspecified atom stereocenters. The maximum absolute atomic E-state index is 12.7. The zero-order chi connectivity index (χ0) is 20.8. The molecular weight excluding hydrogens is 372 g/mol. The number of likely N-dealkylation sites (tertiary alicyclic amines) is 1. The fraction of sp³-hybridized carbons (Fsp3) is 0.360. The zero-order valence-corrected chi connectivity index (χ0v) is 17.7. The van der Waals surface area contributed by atoms with Crippen LogP contribution in [0.4, 0.5) is 0 Å². The maximum atomic E-state index is 12.7. The van der Waals surface area contributed by atoms with E-state index >= 15 is 0 Å². The summed E-state index contributed by atoms with van der Waals surface area (Å²) in [6.45, 7) is 3.62. The predicted octanol–water partition coefficient (Wildman–Crippen LogP) is 3.33. The van der Waals surface area contributed by atoms with Crippen molar-refractivity contribution in [3.8, 4) is 0 Å². The van der Waals surface area contributed by atoms with Crippen LogP contribution in [0.25, 0.3) is 6.08 Å². The van der Waals surface area contributed by atoms with Gasteiger partial charge in [0.1, 0.15) is 0 Å². The van der Waals surface area contributed by atoms with Gasteiger partial charge >= 0.3 is 0 Å². The summed E-state index contributed by atoms with van der Waals surface area (Å²) < 4.78 is 0. The van der Waals surface area contributed by atoms with Crippen molar-refractivity contribution in [1.29, 1.82) is 0 Å². The maximum Gasteiger partial charge on any atom is 0.242 e. The molecule has 0 bridgehead atoms. The quantitative estimate of drug-likeness (QED) is 0.633. The third-order valence-electron chi connectivity index (χ3n) is 5.97. The molecule has 0 spiro atoms. The van der Waals surface area contributed by atoms with Gasteiger partial charge in [0.15, 0.2) is 5.96 Å². The molecule has 2 aliphatic rings. The summed E-state index contributed by atoms with van der Waals surface area (Å²) in [7, 11) is 1.79. The molecule has 156 valence electrons. The van der Waals surface area contributed by atoms with E-state index in [1.54, 1.807) is 7.05 Å². The van der Waals surface area contributed by atoms with Gasteiger partial charge in [0.25, 0.3) is 0 Å². The van der Waals surface area contributed by atoms with Crippen molar-refractivity contribution in [3.63, 3.8) is 0 Å². The van der Waals surface area contributed by atoms with Crippen LogP contribution >= 0.6 is 0 Å². The highest BCUT2D eigenvalue weighted by Gasteiger charge is 2.22. The molecule has 1 saturated heterocycles. The number of amides is 1. The lowest BCUT2D eigenvalue weighted by atomic mass is 10.00. The van der Waals surface area contributed by atoms with E-state index in [1.165, 1.54) is 22.3 Å². The Labute approximate surface area is 179 Å². The fourth-order valence-electron chi connectivity index (χ4n) is 4.24. The van der Waals surface area contributed by atoms with E-state index in [1.807, 2.05) is 17.0 Å². The first-order chi connectivity index (χ1) is 14.7. The van der Waals surface area contributed by atoms with Gasteiger partial charge in [0.2, 0.25) is 5.91 Å². The molecule has 5 nitrogen and oxygen atoms in total. The third kappa shape index (κ3) is 4.90. The topological polar surface area (TPSA) is 47.9 Å². The third-order valence-corrected chi connectivity index (χ3v) is 5.97. The van der Waals surface area contributed by atoms with Crippen LogP contribution < -0.4 is 5.32 Å². The summed E-state index contributed by atoms with van der Waals surface area (Å²) in [5.41, 5.74) is 5.35. The molecule has 2 heterocycles. The fourth-order valence-corrected chi connectivity index (χ4v) is 4.24. The molecule has 1 N–H and O–H groups in total. The molecule has 2 aliphatic heterocycles. The van der Waals surface area contributed by atoms with Crippen molar-refractivity contribution in [1.82, 2.24) is 15.1 Å². The average molecular weight is 403 g/mol. The lowest BCUT2D eigenvalue weighted by molar-refractivity contribution is -0.130. The van der Waals surface area contributed by atoms with Crippen molar-refractivity contribution < 1.29 is 4.79 Å². The number of benzene rings is 2. The molecule has 0 atom stereocenters. The SMILES string of the molecule is CN=C(NCC(=O)N1CCc2ccccc2C1)N1CCC(=Cc2ccccc2)CC1. The number of guanidine groups is 1. The summed E-state index contributed by atoms with van der Waals surface area (Å²) in [6.07, 6.45) is 5.27. The number of hydrogen-bond donors (Lipinski definition) is 1. The first kappa shape index (κ1) is 20.2. The molecule has 0 aromatic heterocycles. The normalized spacial score (nSPS) is 16.8. The Bertz CT molecular complexity index is 925. The summed E-state index contributed by atoms with van der Waals surface area (Å²) in [5, 5.41) is 3.29. The number of nitrogens with zero attached hydrogens (tertiary/aromatic N) is 3. The Hall–Kier alpha value is -3.08. The minimum absolute atomic E-state index is 0.132. The zero-order valence-electron chi connectivity index (χ0n) is 17.7. The Kier molecular flexibility index (Phi) is 6.47. The number of nitrogens with one attached hydrogen (secondary N) is 1. The van der Waals surface area contributed by atoms with E-state index in [4.69, 9.17) is 0 Å². The van der Waals surface area contributed by atoms with E-state index in [-0.39, 0.29) is 12.5 Å². The van der Waals surface area contributed by atoms with Gasteiger partial charge < -0.3 is 15.1 Å². The molecular formula is C25H30N4O. The van der Waals surface area contributed by atoms with Gasteiger partial charge in [-0.1, -0.05) is 66.2 Å². The molecule has 0 aliphatic carbocycles. The first-order valence-corrected chi connectivity index (χ1v) is 10.8. The van der Waals surface area contributed by atoms with Gasteiger partial charge in [-0.2, -0.15) is 0 Å². The monoisotopic (exact) mass is 402 g/mol. The van der Waals surface area contributed by atoms with E-state index in [0.717, 1.165) is 44.9 Å². The number of carbonyl (C=O) groups excluding carboxylic acids is 1. The lowest BCUT2D eigenvalue weighted by Crippen LogP contribution is -2.48. The number of carbonyl (C=O) groups is 1. The predicted molar refractivity (Wildman–Crippen MR) is 122 cm³/mol. The van der Waals surface area contributed by atoms with Gasteiger partial charge in [-0.25, -0.2) is 0 Å². The van der Waals surface area contributed by atoms with Crippen molar-refractivity contribution in [2.75, 3.05) is 33.2 Å². The van der Waals surface area contributed by atoms with Crippen molar-refractivity contribution in [2.45, 2.75) is 25.8 Å². The second-order valence-electron chi connectivity index (χ2n) is 7.94. The van der Waals surface area contributed by atoms with Gasteiger partial charge in [-0.15, -0.1) is 0 Å². The molecule has 2 aromatic carbocycles. The Morgan fingerprint density at radius 2 is 1.60 bits per heavy atom. The number of piperidine rings is 1. The van der Waals surface area contributed by atoms with E-state index in [9.17, 15) is 4.79 Å². The lowest BCUT2D eigenvalue weighted by Gasteiger charge is -2.32. The molecule has 5 heteroatoms. The average Bonchev–Trinajstić information content (AvgIpc) is 2.80. The molecule has 0 saturated carbocycles. The Morgan fingerprint density at radius 1 is 0.933 bits per heavy atom. The highest BCUT2D eigenvalue weighted by Crippen LogP contribution is 2.20. The highest BCUT2D eigenvalue weighted by molar-refractivity contribution is 5.86. The molecule has 0 radical (unpaired) electrons. The van der Waals surface area contributed by atoms with Crippen LogP contribution in [0.3, 0.4) is 0 Å². The number of aliphatic imine (C=N–C) groups is 1. The van der Waals surface area contributed by atoms with Gasteiger partial charge in [-0.05, 0) is 36.0 Å². The van der Waals surface area contributed by atoms with Crippen LogP contribution in [-0.4, -0.2) is 54.9 Å².